The van der Waals surface area contributed by atoms with Crippen LogP contribution in [0.25, 0.3) is 0 Å². The summed E-state index contributed by atoms with van der Waals surface area (Å²) >= 11 is 5.76. The smallest absolute Gasteiger partial charge is 0.273 e. The van der Waals surface area contributed by atoms with Gasteiger partial charge in [0.05, 0.1) is 11.0 Å². The number of amides is 1. The van der Waals surface area contributed by atoms with Crippen LogP contribution >= 0.6 is 11.6 Å². The van der Waals surface area contributed by atoms with E-state index in [1.807, 2.05) is 0 Å². The van der Waals surface area contributed by atoms with E-state index in [0.717, 1.165) is 0 Å². The Morgan fingerprint density at radius 1 is 1.65 bits per heavy atom. The van der Waals surface area contributed by atoms with Crippen molar-refractivity contribution >= 4 is 23.2 Å². The zero-order valence-corrected chi connectivity index (χ0v) is 9.90. The zero-order chi connectivity index (χ0) is 13.0. The van der Waals surface area contributed by atoms with E-state index in [2.05, 4.69) is 5.32 Å². The fourth-order valence-electron chi connectivity index (χ4n) is 1.24. The third kappa shape index (κ3) is 3.69. The SMILES string of the molecule is CC(NCc1cc(Cl)ccc1[N+](=O)[O-])C(N)=O. The van der Waals surface area contributed by atoms with Crippen LogP contribution in [-0.2, 0) is 11.3 Å². The van der Waals surface area contributed by atoms with Gasteiger partial charge in [-0.15, -0.1) is 0 Å². The van der Waals surface area contributed by atoms with Crippen molar-refractivity contribution in [1.82, 2.24) is 5.32 Å². The van der Waals surface area contributed by atoms with Gasteiger partial charge in [-0.2, -0.15) is 0 Å². The number of nitrogens with one attached hydrogen (secondary N) is 1. The number of nitro benzene ring substituents is 1. The Balaban J connectivity index is 2.85. The minimum Gasteiger partial charge on any atom is -0.368 e. The molecule has 0 aliphatic carbocycles. The molecule has 0 radical (unpaired) electrons. The van der Waals surface area contributed by atoms with E-state index < -0.39 is 16.9 Å². The summed E-state index contributed by atoms with van der Waals surface area (Å²) in [4.78, 5) is 21.1. The standard InChI is InChI=1S/C10H12ClN3O3/c1-6(10(12)15)13-5-7-4-8(11)2-3-9(7)14(16)17/h2-4,6,13H,5H2,1H3,(H2,12,15). The van der Waals surface area contributed by atoms with Crippen molar-refractivity contribution in [3.8, 4) is 0 Å². The molecule has 0 spiro atoms. The number of halogens is 1. The van der Waals surface area contributed by atoms with Crippen LogP contribution in [-0.4, -0.2) is 16.9 Å². The Morgan fingerprint density at radius 3 is 2.82 bits per heavy atom. The molecule has 1 amide bonds. The number of nitrogens with zero attached hydrogens (tertiary/aromatic N) is 1. The summed E-state index contributed by atoms with van der Waals surface area (Å²) in [5.74, 6) is -0.519. The monoisotopic (exact) mass is 257 g/mol. The predicted molar refractivity (Wildman–Crippen MR) is 63.6 cm³/mol. The second kappa shape index (κ2) is 5.60. The molecule has 17 heavy (non-hydrogen) atoms. The van der Waals surface area contributed by atoms with Gasteiger partial charge in [-0.3, -0.25) is 14.9 Å². The van der Waals surface area contributed by atoms with E-state index in [4.69, 9.17) is 17.3 Å². The molecule has 3 N–H and O–H groups in total. The van der Waals surface area contributed by atoms with Crippen molar-refractivity contribution in [2.24, 2.45) is 5.73 Å². The molecule has 1 rings (SSSR count). The van der Waals surface area contributed by atoms with Crippen LogP contribution in [0.2, 0.25) is 5.02 Å². The first kappa shape index (κ1) is 13.4. The summed E-state index contributed by atoms with van der Waals surface area (Å²) in [6.45, 7) is 1.74. The average molecular weight is 258 g/mol. The van der Waals surface area contributed by atoms with Crippen molar-refractivity contribution in [2.45, 2.75) is 19.5 Å². The molecule has 1 aromatic rings. The number of nitrogens with two attached hydrogens (primary N) is 1. The molecule has 0 fully saturated rings. The summed E-state index contributed by atoms with van der Waals surface area (Å²) in [7, 11) is 0. The maximum atomic E-state index is 10.8. The van der Waals surface area contributed by atoms with E-state index in [1.165, 1.54) is 18.2 Å². The minimum atomic E-state index is -0.561. The average Bonchev–Trinajstić information content (AvgIpc) is 2.25. The molecule has 0 aliphatic heterocycles. The van der Waals surface area contributed by atoms with E-state index in [1.54, 1.807) is 6.92 Å². The van der Waals surface area contributed by atoms with E-state index in [0.29, 0.717) is 10.6 Å². The van der Waals surface area contributed by atoms with Crippen molar-refractivity contribution in [1.29, 1.82) is 0 Å². The number of primary amides is 1. The quantitative estimate of drug-likeness (QED) is 0.612. The number of benzene rings is 1. The molecular formula is C10H12ClN3O3. The highest BCUT2D eigenvalue weighted by atomic mass is 35.5. The number of rotatable bonds is 5. The third-order valence-corrected chi connectivity index (χ3v) is 2.50. The number of hydrogen-bond donors (Lipinski definition) is 2. The molecule has 7 heteroatoms. The number of hydrogen-bond acceptors (Lipinski definition) is 4. The van der Waals surface area contributed by atoms with Gasteiger partial charge in [0.2, 0.25) is 5.91 Å². The predicted octanol–water partition coefficient (Wildman–Crippen LogP) is 1.21. The topological polar surface area (TPSA) is 98.3 Å². The summed E-state index contributed by atoms with van der Waals surface area (Å²) in [5.41, 5.74) is 5.44. The first-order valence-electron chi connectivity index (χ1n) is 4.87. The fraction of sp³-hybridized carbons (Fsp3) is 0.300. The summed E-state index contributed by atoms with van der Waals surface area (Å²) in [6.07, 6.45) is 0. The Hall–Kier alpha value is -1.66. The lowest BCUT2D eigenvalue weighted by atomic mass is 10.1. The van der Waals surface area contributed by atoms with Crippen LogP contribution in [0.5, 0.6) is 0 Å². The maximum Gasteiger partial charge on any atom is 0.273 e. The van der Waals surface area contributed by atoms with Crippen molar-refractivity contribution in [2.75, 3.05) is 0 Å². The molecule has 1 atom stereocenters. The molecule has 0 heterocycles. The van der Waals surface area contributed by atoms with Gasteiger partial charge in [0.15, 0.2) is 0 Å². The van der Waals surface area contributed by atoms with Crippen molar-refractivity contribution in [3.63, 3.8) is 0 Å². The van der Waals surface area contributed by atoms with Gasteiger partial charge in [0.1, 0.15) is 0 Å². The van der Waals surface area contributed by atoms with Crippen LogP contribution in [0.15, 0.2) is 18.2 Å². The highest BCUT2D eigenvalue weighted by molar-refractivity contribution is 6.30. The van der Waals surface area contributed by atoms with E-state index in [9.17, 15) is 14.9 Å². The number of nitro groups is 1. The van der Waals surface area contributed by atoms with Crippen LogP contribution in [0.3, 0.4) is 0 Å². The Morgan fingerprint density at radius 2 is 2.29 bits per heavy atom. The molecule has 0 saturated carbocycles. The highest BCUT2D eigenvalue weighted by Gasteiger charge is 2.15. The number of carbonyl (C=O) groups is 1. The summed E-state index contributed by atoms with van der Waals surface area (Å²) < 4.78 is 0. The van der Waals surface area contributed by atoms with E-state index >= 15 is 0 Å². The lowest BCUT2D eigenvalue weighted by Gasteiger charge is -2.10. The second-order valence-electron chi connectivity index (χ2n) is 3.54. The zero-order valence-electron chi connectivity index (χ0n) is 9.14. The van der Waals surface area contributed by atoms with Gasteiger partial charge < -0.3 is 11.1 Å². The molecule has 0 bridgehead atoms. The Labute approximate surface area is 103 Å². The molecule has 0 saturated heterocycles. The first-order valence-corrected chi connectivity index (χ1v) is 5.25. The first-order chi connectivity index (χ1) is 7.91. The normalized spacial score (nSPS) is 12.1. The van der Waals surface area contributed by atoms with Gasteiger partial charge in [0, 0.05) is 23.2 Å². The fourth-order valence-corrected chi connectivity index (χ4v) is 1.43. The van der Waals surface area contributed by atoms with E-state index in [-0.39, 0.29) is 12.2 Å². The van der Waals surface area contributed by atoms with Gasteiger partial charge in [0.25, 0.3) is 5.69 Å². The van der Waals surface area contributed by atoms with Gasteiger partial charge in [-0.25, -0.2) is 0 Å². The lowest BCUT2D eigenvalue weighted by molar-refractivity contribution is -0.385. The largest absolute Gasteiger partial charge is 0.368 e. The van der Waals surface area contributed by atoms with Crippen LogP contribution < -0.4 is 11.1 Å². The summed E-state index contributed by atoms with van der Waals surface area (Å²) in [5, 5.41) is 13.9. The molecular weight excluding hydrogens is 246 g/mol. The molecule has 92 valence electrons. The van der Waals surface area contributed by atoms with Crippen molar-refractivity contribution in [3.05, 3.63) is 38.9 Å². The van der Waals surface area contributed by atoms with Gasteiger partial charge in [-0.1, -0.05) is 11.6 Å². The third-order valence-electron chi connectivity index (χ3n) is 2.26. The molecule has 0 aromatic heterocycles. The number of carbonyl (C=O) groups excluding carboxylic acids is 1. The minimum absolute atomic E-state index is 0.0430. The van der Waals surface area contributed by atoms with Crippen molar-refractivity contribution < 1.29 is 9.72 Å². The molecule has 0 aliphatic rings. The van der Waals surface area contributed by atoms with Crippen LogP contribution in [0.1, 0.15) is 12.5 Å². The van der Waals surface area contributed by atoms with Crippen LogP contribution in [0.4, 0.5) is 5.69 Å². The molecule has 6 nitrogen and oxygen atoms in total. The second-order valence-corrected chi connectivity index (χ2v) is 3.97. The Kier molecular flexibility index (Phi) is 4.42. The Bertz CT molecular complexity index is 450. The lowest BCUT2D eigenvalue weighted by Crippen LogP contribution is -2.38. The maximum absolute atomic E-state index is 10.8. The molecule has 1 unspecified atom stereocenters. The van der Waals surface area contributed by atoms with Gasteiger partial charge in [-0.05, 0) is 19.1 Å². The van der Waals surface area contributed by atoms with Crippen LogP contribution in [0, 0.1) is 10.1 Å². The molecule has 1 aromatic carbocycles. The summed E-state index contributed by atoms with van der Waals surface area (Å²) in [6, 6.07) is 3.70. The highest BCUT2D eigenvalue weighted by Crippen LogP contribution is 2.22. The van der Waals surface area contributed by atoms with Gasteiger partial charge >= 0.3 is 0 Å².